The summed E-state index contributed by atoms with van der Waals surface area (Å²) in [5.74, 6) is 1.26. The van der Waals surface area contributed by atoms with Crippen LogP contribution in [0.15, 0.2) is 47.5 Å². The average molecular weight is 490 g/mol. The van der Waals surface area contributed by atoms with E-state index in [1.807, 2.05) is 72.0 Å². The van der Waals surface area contributed by atoms with Crippen LogP contribution >= 0.6 is 11.6 Å². The topological polar surface area (TPSA) is 82.8 Å². The molecule has 180 valence electrons. The minimum Gasteiger partial charge on any atom is -0.485 e. The lowest BCUT2D eigenvalue weighted by molar-refractivity contribution is 0.300. The molecule has 0 aliphatic heterocycles. The van der Waals surface area contributed by atoms with Gasteiger partial charge < -0.3 is 4.74 Å². The Labute approximate surface area is 209 Å². The number of aryl methyl sites for hydroxylation is 4. The molecule has 0 radical (unpaired) electrons. The second kappa shape index (κ2) is 9.96. The first-order valence-corrected chi connectivity index (χ1v) is 11.8. The SMILES string of the molecule is Cc1cccc(COc2cc(C)n(-c3cc(-c4nc(C(C)C)ncc4C)ncc3C)c(=O)c2Cl)n1. The van der Waals surface area contributed by atoms with Gasteiger partial charge in [-0.15, -0.1) is 0 Å². The van der Waals surface area contributed by atoms with Gasteiger partial charge in [0.25, 0.3) is 5.56 Å². The quantitative estimate of drug-likeness (QED) is 0.347. The molecule has 0 aliphatic rings. The van der Waals surface area contributed by atoms with Crippen molar-refractivity contribution in [2.75, 3.05) is 0 Å². The van der Waals surface area contributed by atoms with E-state index in [1.165, 1.54) is 0 Å². The Morgan fingerprint density at radius 2 is 1.74 bits per heavy atom. The lowest BCUT2D eigenvalue weighted by atomic mass is 10.1. The standard InChI is InChI=1S/C27H28ClN5O2/c1-15(2)26-30-13-17(4)25(32-26)21-11-22(16(3)12-29-21)33-19(6)10-23(24(28)27(33)34)35-14-20-9-7-8-18(5)31-20/h7-13,15H,14H2,1-6H3. The van der Waals surface area contributed by atoms with Gasteiger partial charge in [-0.25, -0.2) is 9.97 Å². The van der Waals surface area contributed by atoms with Crippen molar-refractivity contribution in [1.29, 1.82) is 0 Å². The van der Waals surface area contributed by atoms with Gasteiger partial charge in [0.05, 0.1) is 22.8 Å². The highest BCUT2D eigenvalue weighted by Crippen LogP contribution is 2.28. The highest BCUT2D eigenvalue weighted by Gasteiger charge is 2.18. The third kappa shape index (κ3) is 5.10. The van der Waals surface area contributed by atoms with E-state index in [-0.39, 0.29) is 23.1 Å². The average Bonchev–Trinajstić information content (AvgIpc) is 2.82. The van der Waals surface area contributed by atoms with E-state index in [1.54, 1.807) is 16.8 Å². The first-order chi connectivity index (χ1) is 16.7. The van der Waals surface area contributed by atoms with Crippen LogP contribution in [-0.4, -0.2) is 24.5 Å². The molecule has 4 heterocycles. The lowest BCUT2D eigenvalue weighted by Gasteiger charge is -2.17. The molecule has 0 amide bonds. The Kier molecular flexibility index (Phi) is 6.98. The molecule has 0 spiro atoms. The van der Waals surface area contributed by atoms with Crippen LogP contribution in [0.1, 0.15) is 53.8 Å². The van der Waals surface area contributed by atoms with E-state index < -0.39 is 0 Å². The summed E-state index contributed by atoms with van der Waals surface area (Å²) in [6.07, 6.45) is 3.55. The Bertz CT molecular complexity index is 1460. The van der Waals surface area contributed by atoms with E-state index >= 15 is 0 Å². The monoisotopic (exact) mass is 489 g/mol. The van der Waals surface area contributed by atoms with Gasteiger partial charge in [0.1, 0.15) is 23.2 Å². The van der Waals surface area contributed by atoms with Gasteiger partial charge in [0.2, 0.25) is 0 Å². The summed E-state index contributed by atoms with van der Waals surface area (Å²) in [6, 6.07) is 9.35. The molecule has 4 rings (SSSR count). The van der Waals surface area contributed by atoms with Crippen LogP contribution < -0.4 is 10.3 Å². The summed E-state index contributed by atoms with van der Waals surface area (Å²) < 4.78 is 7.45. The van der Waals surface area contributed by atoms with E-state index in [9.17, 15) is 4.79 Å². The fourth-order valence-electron chi connectivity index (χ4n) is 3.79. The molecule has 0 fully saturated rings. The molecule has 8 heteroatoms. The van der Waals surface area contributed by atoms with Crippen LogP contribution in [0.25, 0.3) is 17.1 Å². The van der Waals surface area contributed by atoms with Crippen LogP contribution in [0.2, 0.25) is 5.02 Å². The lowest BCUT2D eigenvalue weighted by Crippen LogP contribution is -2.23. The molecule has 0 bridgehead atoms. The normalized spacial score (nSPS) is 11.2. The molecule has 35 heavy (non-hydrogen) atoms. The van der Waals surface area contributed by atoms with E-state index in [2.05, 4.69) is 15.0 Å². The van der Waals surface area contributed by atoms with Crippen molar-refractivity contribution in [2.45, 2.75) is 54.1 Å². The fourth-order valence-corrected chi connectivity index (χ4v) is 3.99. The molecule has 7 nitrogen and oxygen atoms in total. The zero-order chi connectivity index (χ0) is 25.3. The van der Waals surface area contributed by atoms with E-state index in [4.69, 9.17) is 21.3 Å². The fraction of sp³-hybridized carbons (Fsp3) is 0.296. The van der Waals surface area contributed by atoms with Crippen molar-refractivity contribution in [1.82, 2.24) is 24.5 Å². The van der Waals surface area contributed by atoms with Crippen LogP contribution in [0, 0.1) is 27.7 Å². The smallest absolute Gasteiger partial charge is 0.277 e. The Balaban J connectivity index is 1.75. The van der Waals surface area contributed by atoms with Crippen LogP contribution in [0.3, 0.4) is 0 Å². The van der Waals surface area contributed by atoms with Gasteiger partial charge in [-0.1, -0.05) is 31.5 Å². The number of aromatic nitrogens is 5. The van der Waals surface area contributed by atoms with E-state index in [0.29, 0.717) is 22.8 Å². The van der Waals surface area contributed by atoms with Crippen LogP contribution in [0.5, 0.6) is 5.75 Å². The predicted molar refractivity (Wildman–Crippen MR) is 137 cm³/mol. The number of ether oxygens (including phenoxy) is 1. The van der Waals surface area contributed by atoms with Gasteiger partial charge in [0, 0.05) is 35.8 Å². The largest absolute Gasteiger partial charge is 0.485 e. The second-order valence-electron chi connectivity index (χ2n) is 8.93. The van der Waals surface area contributed by atoms with Gasteiger partial charge in [0.15, 0.2) is 0 Å². The zero-order valence-corrected chi connectivity index (χ0v) is 21.5. The number of hydrogen-bond acceptors (Lipinski definition) is 6. The second-order valence-corrected chi connectivity index (χ2v) is 9.31. The molecule has 0 atom stereocenters. The van der Waals surface area contributed by atoms with Gasteiger partial charge in [-0.3, -0.25) is 19.3 Å². The maximum atomic E-state index is 13.4. The molecule has 0 unspecified atom stereocenters. The third-order valence-corrected chi connectivity index (χ3v) is 6.03. The van der Waals surface area contributed by atoms with Crippen molar-refractivity contribution in [3.8, 4) is 22.8 Å². The number of pyridine rings is 3. The minimum atomic E-state index is -0.360. The molecular formula is C27H28ClN5O2. The van der Waals surface area contributed by atoms with Crippen molar-refractivity contribution in [3.63, 3.8) is 0 Å². The van der Waals surface area contributed by atoms with Crippen molar-refractivity contribution in [3.05, 3.63) is 92.1 Å². The van der Waals surface area contributed by atoms with Crippen LogP contribution in [0.4, 0.5) is 0 Å². The van der Waals surface area contributed by atoms with Crippen molar-refractivity contribution >= 4 is 11.6 Å². The first kappa shape index (κ1) is 24.5. The van der Waals surface area contributed by atoms with Crippen LogP contribution in [-0.2, 0) is 6.61 Å². The predicted octanol–water partition coefficient (Wildman–Crippen LogP) is 5.67. The molecule has 4 aromatic heterocycles. The van der Waals surface area contributed by atoms with Gasteiger partial charge >= 0.3 is 0 Å². The highest BCUT2D eigenvalue weighted by atomic mass is 35.5. The summed E-state index contributed by atoms with van der Waals surface area (Å²) >= 11 is 6.49. The molecule has 0 saturated heterocycles. The summed E-state index contributed by atoms with van der Waals surface area (Å²) in [4.78, 5) is 31.6. The number of rotatable bonds is 6. The highest BCUT2D eigenvalue weighted by molar-refractivity contribution is 6.31. The maximum absolute atomic E-state index is 13.4. The Hall–Kier alpha value is -3.58. The number of nitrogens with zero attached hydrogens (tertiary/aromatic N) is 5. The molecule has 0 aromatic carbocycles. The molecular weight excluding hydrogens is 462 g/mol. The third-order valence-electron chi connectivity index (χ3n) is 5.69. The Morgan fingerprint density at radius 3 is 2.46 bits per heavy atom. The maximum Gasteiger partial charge on any atom is 0.277 e. The zero-order valence-electron chi connectivity index (χ0n) is 20.8. The van der Waals surface area contributed by atoms with Gasteiger partial charge in [-0.2, -0.15) is 0 Å². The van der Waals surface area contributed by atoms with Gasteiger partial charge in [-0.05, 0) is 57.0 Å². The Morgan fingerprint density at radius 1 is 1.00 bits per heavy atom. The molecule has 0 aliphatic carbocycles. The summed E-state index contributed by atoms with van der Waals surface area (Å²) in [6.45, 7) is 11.9. The summed E-state index contributed by atoms with van der Waals surface area (Å²) in [5.41, 5.74) is 5.83. The summed E-state index contributed by atoms with van der Waals surface area (Å²) in [5, 5.41) is 0.0151. The number of halogens is 1. The van der Waals surface area contributed by atoms with E-state index in [0.717, 1.165) is 34.0 Å². The summed E-state index contributed by atoms with van der Waals surface area (Å²) in [7, 11) is 0. The minimum absolute atomic E-state index is 0.0151. The molecule has 0 N–H and O–H groups in total. The van der Waals surface area contributed by atoms with Crippen molar-refractivity contribution < 1.29 is 4.74 Å². The molecule has 4 aromatic rings. The van der Waals surface area contributed by atoms with Crippen molar-refractivity contribution in [2.24, 2.45) is 0 Å². The number of hydrogen-bond donors (Lipinski definition) is 0. The molecule has 0 saturated carbocycles. The first-order valence-electron chi connectivity index (χ1n) is 11.4.